The average Bonchev–Trinajstić information content (AvgIpc) is 2.29. The zero-order chi connectivity index (χ0) is 15.9. The third-order valence-corrected chi connectivity index (χ3v) is 2.78. The van der Waals surface area contributed by atoms with Crippen LogP contribution in [-0.2, 0) is 9.36 Å². The van der Waals surface area contributed by atoms with Crippen LogP contribution in [0.4, 0.5) is 0 Å². The number of unbranched alkanes of at least 4 members (excludes halogenated alkanes) is 9. The van der Waals surface area contributed by atoms with Crippen LogP contribution >= 0.6 is 7.82 Å². The minimum absolute atomic E-state index is 0.158. The molecule has 0 saturated carbocycles. The zero-order valence-corrected chi connectivity index (χ0v) is 13.4. The highest BCUT2D eigenvalue weighted by molar-refractivity contribution is 7.45. The highest BCUT2D eigenvalue weighted by atomic mass is 31.2. The third kappa shape index (κ3) is 36.0. The smallest absolute Gasteiger partial charge is 0.370 e. The van der Waals surface area contributed by atoms with Crippen LogP contribution in [0, 0.1) is 0 Å². The lowest BCUT2D eigenvalue weighted by Gasteiger charge is -2.01. The predicted molar refractivity (Wildman–Crippen MR) is 79.9 cm³/mol. The second-order valence-corrected chi connectivity index (χ2v) is 5.94. The molecule has 0 unspecified atom stereocenters. The van der Waals surface area contributed by atoms with Crippen LogP contribution in [0.1, 0.15) is 77.6 Å². The fourth-order valence-corrected chi connectivity index (χ4v) is 1.79. The van der Waals surface area contributed by atoms with Crippen molar-refractivity contribution in [3.05, 3.63) is 0 Å². The molecule has 0 aliphatic rings. The molecule has 7 heteroatoms. The van der Waals surface area contributed by atoms with Gasteiger partial charge in [-0.25, -0.2) is 4.57 Å². The Morgan fingerprint density at radius 2 is 1.15 bits per heavy atom. The highest BCUT2D eigenvalue weighted by Crippen LogP contribution is 2.25. The number of amides is 1. The van der Waals surface area contributed by atoms with E-state index in [4.69, 9.17) is 25.0 Å². The normalized spacial score (nSPS) is 10.8. The summed E-state index contributed by atoms with van der Waals surface area (Å²) >= 11 is 0. The second-order valence-electron chi connectivity index (χ2n) is 4.91. The molecule has 0 spiro atoms. The van der Waals surface area contributed by atoms with Crippen molar-refractivity contribution in [3.8, 4) is 0 Å². The molecular weight excluding hydrogens is 281 g/mol. The van der Waals surface area contributed by atoms with E-state index >= 15 is 0 Å². The van der Waals surface area contributed by atoms with Gasteiger partial charge in [-0.2, -0.15) is 0 Å². The molecule has 0 fully saturated rings. The van der Waals surface area contributed by atoms with Crippen molar-refractivity contribution in [3.63, 3.8) is 0 Å². The van der Waals surface area contributed by atoms with Gasteiger partial charge in [-0.15, -0.1) is 0 Å². The van der Waals surface area contributed by atoms with Gasteiger partial charge in [-0.05, 0) is 6.42 Å². The average molecular weight is 311 g/mol. The number of rotatable bonds is 11. The Bertz CT molecular complexity index is 259. The fraction of sp³-hybridized carbons (Fsp3) is 0.923. The van der Waals surface area contributed by atoms with Crippen molar-refractivity contribution >= 4 is 13.7 Å². The summed E-state index contributed by atoms with van der Waals surface area (Å²) in [5.74, 6) is -0.158. The lowest BCUT2D eigenvalue weighted by molar-refractivity contribution is -0.118. The SMILES string of the molecule is CCCCCCCCCCCCC(N)=O.O=P(O)(O)O. The Morgan fingerprint density at radius 1 is 0.850 bits per heavy atom. The Morgan fingerprint density at radius 3 is 1.45 bits per heavy atom. The molecule has 0 saturated heterocycles. The largest absolute Gasteiger partial charge is 0.466 e. The van der Waals surface area contributed by atoms with Gasteiger partial charge < -0.3 is 20.4 Å². The van der Waals surface area contributed by atoms with Crippen LogP contribution in [0.5, 0.6) is 0 Å². The first-order valence-corrected chi connectivity index (χ1v) is 8.90. The standard InChI is InChI=1S/C13H27NO.H3O4P/c1-2-3-4-5-6-7-8-9-10-11-12-13(14)15;1-5(2,3)4/h2-12H2,1H3,(H2,14,15);(H3,1,2,3,4). The number of hydrogen-bond acceptors (Lipinski definition) is 2. The minimum atomic E-state index is -4.64. The molecule has 0 aromatic carbocycles. The fourth-order valence-electron chi connectivity index (χ4n) is 1.79. The number of carbonyl (C=O) groups excluding carboxylic acids is 1. The molecule has 0 radical (unpaired) electrons. The Hall–Kier alpha value is -0.420. The van der Waals surface area contributed by atoms with Crippen LogP contribution in [0.2, 0.25) is 0 Å². The molecule has 122 valence electrons. The molecule has 5 N–H and O–H groups in total. The monoisotopic (exact) mass is 311 g/mol. The summed E-state index contributed by atoms with van der Waals surface area (Å²) in [6.45, 7) is 2.25. The summed E-state index contributed by atoms with van der Waals surface area (Å²) in [7, 11) is -4.64. The topological polar surface area (TPSA) is 121 Å². The highest BCUT2D eigenvalue weighted by Gasteiger charge is 2.00. The van der Waals surface area contributed by atoms with Crippen LogP contribution in [0.15, 0.2) is 0 Å². The first-order valence-electron chi connectivity index (χ1n) is 7.34. The predicted octanol–water partition coefficient (Wildman–Crippen LogP) is 2.85. The molecule has 0 heterocycles. The van der Waals surface area contributed by atoms with E-state index in [2.05, 4.69) is 6.92 Å². The lowest BCUT2D eigenvalue weighted by atomic mass is 10.1. The van der Waals surface area contributed by atoms with Crippen molar-refractivity contribution in [2.45, 2.75) is 77.6 Å². The molecule has 20 heavy (non-hydrogen) atoms. The maximum atomic E-state index is 10.5. The molecule has 0 bridgehead atoms. The number of hydrogen-bond donors (Lipinski definition) is 4. The van der Waals surface area contributed by atoms with Gasteiger partial charge in [0.2, 0.25) is 5.91 Å². The Balaban J connectivity index is 0. The molecule has 0 aromatic heterocycles. The summed E-state index contributed by atoms with van der Waals surface area (Å²) in [4.78, 5) is 32.0. The van der Waals surface area contributed by atoms with Crippen LogP contribution < -0.4 is 5.73 Å². The summed E-state index contributed by atoms with van der Waals surface area (Å²) in [6, 6.07) is 0. The van der Waals surface area contributed by atoms with Gasteiger partial charge in [-0.1, -0.05) is 64.7 Å². The van der Waals surface area contributed by atoms with Crippen molar-refractivity contribution in [2.24, 2.45) is 5.73 Å². The van der Waals surface area contributed by atoms with E-state index in [9.17, 15) is 4.79 Å². The number of phosphoric acid groups is 1. The first kappa shape index (κ1) is 21.9. The molecule has 0 atom stereocenters. The van der Waals surface area contributed by atoms with Crippen molar-refractivity contribution in [1.82, 2.24) is 0 Å². The van der Waals surface area contributed by atoms with E-state index in [-0.39, 0.29) is 5.91 Å². The van der Waals surface area contributed by atoms with Gasteiger partial charge in [0.1, 0.15) is 0 Å². The van der Waals surface area contributed by atoms with Crippen molar-refractivity contribution in [2.75, 3.05) is 0 Å². The second kappa shape index (κ2) is 15.0. The molecule has 1 amide bonds. The molecule has 0 aliphatic carbocycles. The first-order chi connectivity index (χ1) is 9.27. The van der Waals surface area contributed by atoms with E-state index < -0.39 is 7.82 Å². The van der Waals surface area contributed by atoms with E-state index in [0.29, 0.717) is 6.42 Å². The third-order valence-electron chi connectivity index (χ3n) is 2.78. The molecule has 6 nitrogen and oxygen atoms in total. The molecular formula is C13H30NO5P. The van der Waals surface area contributed by atoms with Crippen LogP contribution in [0.3, 0.4) is 0 Å². The zero-order valence-electron chi connectivity index (χ0n) is 12.5. The van der Waals surface area contributed by atoms with Gasteiger partial charge in [0.25, 0.3) is 0 Å². The summed E-state index contributed by atoms with van der Waals surface area (Å²) in [5, 5.41) is 0. The van der Waals surface area contributed by atoms with E-state index in [1.807, 2.05) is 0 Å². The number of primary amides is 1. The Kier molecular flexibility index (Phi) is 16.4. The van der Waals surface area contributed by atoms with E-state index in [0.717, 1.165) is 12.8 Å². The van der Waals surface area contributed by atoms with Crippen molar-refractivity contribution < 1.29 is 24.0 Å². The Labute approximate surface area is 122 Å². The van der Waals surface area contributed by atoms with Crippen LogP contribution in [-0.4, -0.2) is 20.6 Å². The van der Waals surface area contributed by atoms with Gasteiger partial charge >= 0.3 is 7.82 Å². The maximum absolute atomic E-state index is 10.5. The summed E-state index contributed by atoms with van der Waals surface area (Å²) in [6.07, 6.45) is 13.6. The molecule has 0 aliphatic heterocycles. The quantitative estimate of drug-likeness (QED) is 0.345. The van der Waals surface area contributed by atoms with Gasteiger partial charge in [-0.3, -0.25) is 4.79 Å². The van der Waals surface area contributed by atoms with E-state index in [1.165, 1.54) is 51.4 Å². The molecule has 0 rings (SSSR count). The summed E-state index contributed by atoms with van der Waals surface area (Å²) < 4.78 is 8.88. The lowest BCUT2D eigenvalue weighted by Crippen LogP contribution is -2.09. The van der Waals surface area contributed by atoms with Gasteiger partial charge in [0.15, 0.2) is 0 Å². The van der Waals surface area contributed by atoms with Gasteiger partial charge in [0.05, 0.1) is 0 Å². The number of carbonyl (C=O) groups is 1. The maximum Gasteiger partial charge on any atom is 0.466 e. The number of nitrogens with two attached hydrogens (primary N) is 1. The summed E-state index contributed by atoms with van der Waals surface area (Å²) in [5.41, 5.74) is 5.06. The van der Waals surface area contributed by atoms with E-state index in [1.54, 1.807) is 0 Å². The van der Waals surface area contributed by atoms with Crippen molar-refractivity contribution in [1.29, 1.82) is 0 Å². The van der Waals surface area contributed by atoms with Gasteiger partial charge in [0, 0.05) is 6.42 Å². The minimum Gasteiger partial charge on any atom is -0.370 e. The molecule has 0 aromatic rings. The van der Waals surface area contributed by atoms with Crippen LogP contribution in [0.25, 0.3) is 0 Å².